The van der Waals surface area contributed by atoms with Gasteiger partial charge in [0, 0.05) is 23.2 Å². The molecule has 0 saturated heterocycles. The third-order valence-corrected chi connectivity index (χ3v) is 6.47. The highest BCUT2D eigenvalue weighted by atomic mass is 32.2. The van der Waals surface area contributed by atoms with Crippen molar-refractivity contribution in [2.45, 2.75) is 25.3 Å². The number of pyridine rings is 1. The van der Waals surface area contributed by atoms with Crippen LogP contribution in [0.3, 0.4) is 0 Å². The lowest BCUT2D eigenvalue weighted by atomic mass is 9.68. The van der Waals surface area contributed by atoms with E-state index < -0.39 is 17.1 Å². The van der Waals surface area contributed by atoms with E-state index in [1.165, 1.54) is 0 Å². The van der Waals surface area contributed by atoms with Gasteiger partial charge < -0.3 is 20.4 Å². The minimum atomic E-state index is -3.29. The van der Waals surface area contributed by atoms with Gasteiger partial charge in [-0.2, -0.15) is 0 Å². The van der Waals surface area contributed by atoms with Crippen molar-refractivity contribution in [2.75, 3.05) is 12.3 Å². The lowest BCUT2D eigenvalue weighted by Crippen LogP contribution is -2.46. The molecule has 1 saturated carbocycles. The molecule has 0 radical (unpaired) electrons. The fourth-order valence-corrected chi connectivity index (χ4v) is 5.04. The van der Waals surface area contributed by atoms with E-state index in [9.17, 15) is 13.4 Å². The second-order valence-electron chi connectivity index (χ2n) is 6.81. The number of nitrogens with one attached hydrogen (secondary N) is 2. The lowest BCUT2D eigenvalue weighted by Gasteiger charge is -2.39. The van der Waals surface area contributed by atoms with Crippen molar-refractivity contribution in [1.82, 2.24) is 14.7 Å². The van der Waals surface area contributed by atoms with E-state index >= 15 is 0 Å². The fraction of sp³-hybridized carbons (Fsp3) is 0.438. The zero-order valence-electron chi connectivity index (χ0n) is 14.2. The van der Waals surface area contributed by atoms with Gasteiger partial charge in [0.15, 0.2) is 0 Å². The lowest BCUT2D eigenvalue weighted by molar-refractivity contribution is 0.308. The number of aromatic nitrogens is 2. The minimum absolute atomic E-state index is 0.0540. The van der Waals surface area contributed by atoms with Gasteiger partial charge in [-0.25, -0.2) is 18.1 Å². The Labute approximate surface area is 152 Å². The van der Waals surface area contributed by atoms with Crippen LogP contribution in [0.5, 0.6) is 5.75 Å². The first kappa shape index (κ1) is 17.5. The summed E-state index contributed by atoms with van der Waals surface area (Å²) >= 11 is 0. The fourth-order valence-electron chi connectivity index (χ4n) is 3.67. The number of allylic oxidation sites excluding steroid dienone is 1. The Balaban J connectivity index is 1.52. The van der Waals surface area contributed by atoms with E-state index in [1.54, 1.807) is 12.2 Å². The average molecular weight is 376 g/mol. The third-order valence-electron chi connectivity index (χ3n) is 4.95. The summed E-state index contributed by atoms with van der Waals surface area (Å²) < 4.78 is 32.3. The number of nitrogens with two attached hydrogens (primary N) is 1. The molecule has 0 amide bonds. The number of H-pyrrole nitrogens is 1. The zero-order valence-corrected chi connectivity index (χ0v) is 15.0. The van der Waals surface area contributed by atoms with Gasteiger partial charge >= 0.3 is 7.12 Å². The van der Waals surface area contributed by atoms with Crippen molar-refractivity contribution in [3.8, 4) is 5.75 Å². The van der Waals surface area contributed by atoms with Crippen molar-refractivity contribution in [2.24, 2.45) is 11.7 Å². The maximum Gasteiger partial charge on any atom is 0.552 e. The summed E-state index contributed by atoms with van der Waals surface area (Å²) in [5.74, 6) is 2.47. The second-order valence-corrected chi connectivity index (χ2v) is 8.69. The van der Waals surface area contributed by atoms with Gasteiger partial charge in [0.25, 0.3) is 0 Å². The molecule has 1 fully saturated rings. The zero-order chi connectivity index (χ0) is 18.3. The average Bonchev–Trinajstić information content (AvgIpc) is 3.03. The maximum atomic E-state index is 12.0. The van der Waals surface area contributed by atoms with Crippen LogP contribution in [0.2, 0.25) is 0 Å². The highest BCUT2D eigenvalue weighted by Gasteiger charge is 2.38. The molecule has 0 unspecified atom stereocenters. The highest BCUT2D eigenvalue weighted by Crippen LogP contribution is 2.46. The molecule has 10 heteroatoms. The molecule has 26 heavy (non-hydrogen) atoms. The summed E-state index contributed by atoms with van der Waals surface area (Å²) in [6.45, 7) is 0.358. The van der Waals surface area contributed by atoms with Crippen LogP contribution in [0.4, 0.5) is 0 Å². The smallest absolute Gasteiger partial charge is 0.531 e. The third kappa shape index (κ3) is 3.25. The number of hydrogen-bond donors (Lipinski definition) is 4. The van der Waals surface area contributed by atoms with Crippen LogP contribution in [0.15, 0.2) is 24.4 Å². The highest BCUT2D eigenvalue weighted by molar-refractivity contribution is 7.89. The molecule has 0 atom stereocenters. The van der Waals surface area contributed by atoms with Gasteiger partial charge in [0.1, 0.15) is 11.4 Å². The molecule has 0 spiro atoms. The quantitative estimate of drug-likeness (QED) is 0.540. The van der Waals surface area contributed by atoms with E-state index in [0.717, 1.165) is 22.2 Å². The normalized spacial score (nSPS) is 22.5. The number of sulfonamides is 1. The molecule has 8 nitrogen and oxygen atoms in total. The van der Waals surface area contributed by atoms with Crippen molar-refractivity contribution in [3.05, 3.63) is 30.0 Å². The van der Waals surface area contributed by atoms with Crippen molar-refractivity contribution in [1.29, 1.82) is 0 Å². The molecule has 2 aromatic rings. The van der Waals surface area contributed by atoms with E-state index in [1.807, 2.05) is 12.3 Å². The van der Waals surface area contributed by atoms with Crippen molar-refractivity contribution < 1.29 is 18.1 Å². The molecule has 138 valence electrons. The first-order valence-electron chi connectivity index (χ1n) is 8.70. The van der Waals surface area contributed by atoms with Gasteiger partial charge in [0.2, 0.25) is 10.0 Å². The number of hydrogen-bond acceptors (Lipinski definition) is 6. The Morgan fingerprint density at radius 2 is 2.27 bits per heavy atom. The maximum absolute atomic E-state index is 12.0. The van der Waals surface area contributed by atoms with Crippen LogP contribution in [0.1, 0.15) is 24.8 Å². The number of aromatic amines is 1. The predicted octanol–water partition coefficient (Wildman–Crippen LogP) is 0.405. The van der Waals surface area contributed by atoms with Crippen LogP contribution >= 0.6 is 0 Å². The van der Waals surface area contributed by atoms with Crippen LogP contribution in [0, 0.1) is 5.92 Å². The Morgan fingerprint density at radius 1 is 1.46 bits per heavy atom. The van der Waals surface area contributed by atoms with E-state index in [2.05, 4.69) is 14.7 Å². The van der Waals surface area contributed by atoms with E-state index in [-0.39, 0.29) is 17.7 Å². The summed E-state index contributed by atoms with van der Waals surface area (Å²) in [5, 5.41) is 10.9. The van der Waals surface area contributed by atoms with Gasteiger partial charge in [-0.15, -0.1) is 0 Å². The van der Waals surface area contributed by atoms with Crippen molar-refractivity contribution >= 4 is 33.7 Å². The Hall–Kier alpha value is -1.88. The molecular formula is C16H21BN4O4S. The Bertz CT molecular complexity index is 952. The first-order chi connectivity index (χ1) is 12.5. The number of nitrogens with zero attached hydrogens (tertiary/aromatic N) is 1. The minimum Gasteiger partial charge on any atom is -0.531 e. The van der Waals surface area contributed by atoms with Gasteiger partial charge in [0.05, 0.1) is 11.9 Å². The van der Waals surface area contributed by atoms with Crippen LogP contribution in [-0.2, 0) is 10.0 Å². The second kappa shape index (κ2) is 6.69. The Kier molecular flexibility index (Phi) is 4.51. The van der Waals surface area contributed by atoms with Gasteiger partial charge in [-0.1, -0.05) is 0 Å². The van der Waals surface area contributed by atoms with E-state index in [0.29, 0.717) is 31.6 Å². The largest absolute Gasteiger partial charge is 0.552 e. The van der Waals surface area contributed by atoms with Gasteiger partial charge in [-0.05, 0) is 49.3 Å². The molecule has 3 heterocycles. The molecule has 0 bridgehead atoms. The molecular weight excluding hydrogens is 355 g/mol. The molecule has 2 aromatic heterocycles. The summed E-state index contributed by atoms with van der Waals surface area (Å²) in [4.78, 5) is 7.38. The topological polar surface area (TPSA) is 130 Å². The standard InChI is InChI=1S/C16H21BN4O4S/c18-3-1-5-26(23,24)21-11-6-10(7-11)13-8-17(22)25-14-9-20-16-12(15(13)14)2-4-19-16/h2,4,8-11,21-22H,1,3,5-7,18H2,(H,19,20). The predicted molar refractivity (Wildman–Crippen MR) is 99.8 cm³/mol. The van der Waals surface area contributed by atoms with Crippen LogP contribution in [0.25, 0.3) is 16.6 Å². The molecule has 5 N–H and O–H groups in total. The van der Waals surface area contributed by atoms with Crippen LogP contribution in [-0.4, -0.2) is 48.9 Å². The summed E-state index contributed by atoms with van der Waals surface area (Å²) in [5.41, 5.74) is 8.06. The molecule has 2 aliphatic rings. The first-order valence-corrected chi connectivity index (χ1v) is 10.3. The summed E-state index contributed by atoms with van der Waals surface area (Å²) in [6.07, 6.45) is 5.25. The number of rotatable bonds is 6. The monoisotopic (exact) mass is 376 g/mol. The van der Waals surface area contributed by atoms with Gasteiger partial charge in [-0.3, -0.25) is 0 Å². The molecule has 1 aliphatic carbocycles. The Morgan fingerprint density at radius 3 is 3.04 bits per heavy atom. The summed E-state index contributed by atoms with van der Waals surface area (Å²) in [7, 11) is -4.31. The molecule has 1 aliphatic heterocycles. The molecule has 0 aromatic carbocycles. The van der Waals surface area contributed by atoms with Crippen molar-refractivity contribution in [3.63, 3.8) is 0 Å². The number of fused-ring (bicyclic) bond motifs is 3. The van der Waals surface area contributed by atoms with E-state index in [4.69, 9.17) is 10.4 Å². The molecule has 4 rings (SSSR count). The summed E-state index contributed by atoms with van der Waals surface area (Å²) in [6, 6.07) is 1.84. The SMILES string of the molecule is NCCCS(=O)(=O)NC1CC(C2=CB(O)Oc3cnc4[nH]ccc4c32)C1. The van der Waals surface area contributed by atoms with Crippen LogP contribution < -0.4 is 15.1 Å².